The van der Waals surface area contributed by atoms with Crippen LogP contribution in [0.15, 0.2) is 164 Å². The highest BCUT2D eigenvalue weighted by Crippen LogP contribution is 2.36. The van der Waals surface area contributed by atoms with E-state index in [4.69, 9.17) is 8.37 Å². The average molecular weight is 791 g/mol. The van der Waals surface area contributed by atoms with Gasteiger partial charge < -0.3 is 8.37 Å². The molecule has 2 aromatic heterocycles. The topological polar surface area (TPSA) is 248 Å². The minimum absolute atomic E-state index is 0.114. The Labute approximate surface area is 316 Å². The molecule has 0 N–H and O–H groups in total. The van der Waals surface area contributed by atoms with Crippen LogP contribution in [0.2, 0.25) is 0 Å². The van der Waals surface area contributed by atoms with Crippen molar-refractivity contribution in [2.75, 3.05) is 0 Å². The fraction of sp³-hybridized carbons (Fsp3) is 0. The second-order valence-corrected chi connectivity index (χ2v) is 14.6. The van der Waals surface area contributed by atoms with Gasteiger partial charge in [-0.25, -0.2) is 0 Å². The quantitative estimate of drug-likeness (QED) is 0.0487. The summed E-state index contributed by atoms with van der Waals surface area (Å²) in [6.45, 7) is 0. The summed E-state index contributed by atoms with van der Waals surface area (Å²) in [6, 6.07) is 27.8. The Hall–Kier alpha value is -7.58. The van der Waals surface area contributed by atoms with Gasteiger partial charge in [0.2, 0.25) is 0 Å². The van der Waals surface area contributed by atoms with Crippen LogP contribution in [0.3, 0.4) is 0 Å². The van der Waals surface area contributed by atoms with E-state index >= 15 is 0 Å². The molecule has 0 unspecified atom stereocenters. The van der Waals surface area contributed by atoms with Crippen molar-refractivity contribution in [1.29, 1.82) is 0 Å². The highest BCUT2D eigenvalue weighted by atomic mass is 32.2. The van der Waals surface area contributed by atoms with Gasteiger partial charge in [0, 0.05) is 47.4 Å². The van der Waals surface area contributed by atoms with Crippen LogP contribution in [0, 0.1) is 20.2 Å². The van der Waals surface area contributed by atoms with Crippen LogP contribution in [-0.4, -0.2) is 36.7 Å². The lowest BCUT2D eigenvalue weighted by Crippen LogP contribution is -2.10. The second-order valence-electron chi connectivity index (χ2n) is 11.5. The van der Waals surface area contributed by atoms with Crippen molar-refractivity contribution in [2.24, 2.45) is 20.5 Å². The van der Waals surface area contributed by atoms with E-state index in [-0.39, 0.29) is 22.5 Å². The summed E-state index contributed by atoms with van der Waals surface area (Å²) >= 11 is 0. The molecular formula is C36H22N8O10S2. The van der Waals surface area contributed by atoms with Gasteiger partial charge in [-0.05, 0) is 84.9 Å². The highest BCUT2D eigenvalue weighted by molar-refractivity contribution is 7.87. The maximum Gasteiger partial charge on any atom is 0.339 e. The minimum Gasteiger partial charge on any atom is -0.377 e. The highest BCUT2D eigenvalue weighted by Gasteiger charge is 2.23. The first-order chi connectivity index (χ1) is 26.9. The van der Waals surface area contributed by atoms with Gasteiger partial charge in [0.1, 0.15) is 20.8 Å². The zero-order valence-electron chi connectivity index (χ0n) is 28.2. The standard InChI is InChI=1S/C36H22N8O10S2/c45-43(46)25-5-1-7-27(21-25)55(49,50)53-33-17-15-31(29-9-3-19-37-35(29)33)41-39-23-11-13-24(14-12-23)40-42-32-16-18-34(36-30(32)10-4-20-38-36)54-56(51,52)28-8-2-6-26(22-28)44(47)48/h1-22H. The van der Waals surface area contributed by atoms with Gasteiger partial charge in [0.25, 0.3) is 11.4 Å². The van der Waals surface area contributed by atoms with E-state index in [9.17, 15) is 37.1 Å². The van der Waals surface area contributed by atoms with Crippen LogP contribution in [0.5, 0.6) is 11.5 Å². The first kappa shape index (κ1) is 36.8. The third-order valence-corrected chi connectivity index (χ3v) is 10.3. The summed E-state index contributed by atoms with van der Waals surface area (Å²) in [5, 5.41) is 40.3. The molecule has 278 valence electrons. The minimum atomic E-state index is -4.45. The molecular weight excluding hydrogens is 769 g/mol. The SMILES string of the molecule is O=[N+]([O-])c1cccc(S(=O)(=O)Oc2ccc(N=Nc3ccc(N=Nc4ccc(OS(=O)(=O)c5cccc([N+](=O)[O-])c5)c5ncccc45)cc3)c3cccnc23)c1. The van der Waals surface area contributed by atoms with Crippen molar-refractivity contribution in [3.8, 4) is 11.5 Å². The summed E-state index contributed by atoms with van der Waals surface area (Å²) < 4.78 is 62.6. The lowest BCUT2D eigenvalue weighted by molar-refractivity contribution is -0.385. The molecule has 5 aromatic carbocycles. The summed E-state index contributed by atoms with van der Waals surface area (Å²) in [4.78, 5) is 28.6. The Bertz CT molecular complexity index is 2780. The normalized spacial score (nSPS) is 12.0. The van der Waals surface area contributed by atoms with Crippen molar-refractivity contribution in [3.63, 3.8) is 0 Å². The summed E-state index contributed by atoms with van der Waals surface area (Å²) in [6.07, 6.45) is 2.89. The van der Waals surface area contributed by atoms with Gasteiger partial charge in [-0.3, -0.25) is 30.2 Å². The molecule has 0 bridgehead atoms. The molecule has 18 nitrogen and oxygen atoms in total. The molecule has 0 saturated heterocycles. The van der Waals surface area contributed by atoms with E-state index in [1.54, 1.807) is 48.5 Å². The van der Waals surface area contributed by atoms with Crippen LogP contribution >= 0.6 is 0 Å². The Morgan fingerprint density at radius 3 is 1.30 bits per heavy atom. The molecule has 0 radical (unpaired) electrons. The molecule has 0 aliphatic rings. The second kappa shape index (κ2) is 15.0. The first-order valence-corrected chi connectivity index (χ1v) is 18.8. The van der Waals surface area contributed by atoms with Crippen molar-refractivity contribution < 1.29 is 35.0 Å². The smallest absolute Gasteiger partial charge is 0.339 e. The molecule has 20 heteroatoms. The Morgan fingerprint density at radius 2 is 0.911 bits per heavy atom. The Balaban J connectivity index is 1.08. The molecule has 0 atom stereocenters. The molecule has 0 amide bonds. The molecule has 0 aliphatic heterocycles. The number of pyridine rings is 2. The number of rotatable bonds is 12. The van der Waals surface area contributed by atoms with Crippen molar-refractivity contribution >= 4 is 76.2 Å². The van der Waals surface area contributed by atoms with E-state index in [0.717, 1.165) is 24.3 Å². The van der Waals surface area contributed by atoms with Crippen LogP contribution in [0.1, 0.15) is 0 Å². The van der Waals surface area contributed by atoms with E-state index in [0.29, 0.717) is 33.5 Å². The lowest BCUT2D eigenvalue weighted by Gasteiger charge is -2.10. The average Bonchev–Trinajstić information content (AvgIpc) is 3.20. The Morgan fingerprint density at radius 1 is 0.500 bits per heavy atom. The number of non-ortho nitro benzene ring substituents is 2. The predicted octanol–water partition coefficient (Wildman–Crippen LogP) is 8.97. The van der Waals surface area contributed by atoms with Gasteiger partial charge in [-0.1, -0.05) is 12.1 Å². The van der Waals surface area contributed by atoms with E-state index in [2.05, 4.69) is 30.4 Å². The number of hydrogen-bond donors (Lipinski definition) is 0. The van der Waals surface area contributed by atoms with Crippen molar-refractivity contribution in [2.45, 2.75) is 9.79 Å². The van der Waals surface area contributed by atoms with Gasteiger partial charge in [-0.2, -0.15) is 27.1 Å². The molecule has 0 aliphatic carbocycles. The Kier molecular flexibility index (Phi) is 9.88. The maximum atomic E-state index is 13.0. The summed E-state index contributed by atoms with van der Waals surface area (Å²) in [5.74, 6) is -0.228. The van der Waals surface area contributed by atoms with E-state index < -0.39 is 51.2 Å². The lowest BCUT2D eigenvalue weighted by atomic mass is 10.2. The zero-order chi connectivity index (χ0) is 39.5. The molecule has 56 heavy (non-hydrogen) atoms. The molecule has 7 rings (SSSR count). The van der Waals surface area contributed by atoms with Crippen LogP contribution in [0.4, 0.5) is 34.1 Å². The van der Waals surface area contributed by atoms with Gasteiger partial charge in [-0.15, -0.1) is 10.2 Å². The third-order valence-electron chi connectivity index (χ3n) is 7.85. The number of nitrogens with zero attached hydrogens (tertiary/aromatic N) is 8. The van der Waals surface area contributed by atoms with Gasteiger partial charge >= 0.3 is 20.2 Å². The number of nitro benzene ring substituents is 2. The van der Waals surface area contributed by atoms with Crippen LogP contribution in [0.25, 0.3) is 21.8 Å². The number of azo groups is 2. The summed E-state index contributed by atoms with van der Waals surface area (Å²) in [5.41, 5.74) is 1.10. The first-order valence-electron chi connectivity index (χ1n) is 15.9. The van der Waals surface area contributed by atoms with Crippen LogP contribution in [-0.2, 0) is 20.2 Å². The summed E-state index contributed by atoms with van der Waals surface area (Å²) in [7, 11) is -8.90. The number of hydrogen-bond acceptors (Lipinski definition) is 16. The zero-order valence-corrected chi connectivity index (χ0v) is 29.8. The van der Waals surface area contributed by atoms with Crippen molar-refractivity contribution in [3.05, 3.63) is 154 Å². The molecule has 2 heterocycles. The third kappa shape index (κ3) is 7.85. The number of benzene rings is 5. The fourth-order valence-corrected chi connectivity index (χ4v) is 7.17. The van der Waals surface area contributed by atoms with Crippen molar-refractivity contribution in [1.82, 2.24) is 9.97 Å². The number of aromatic nitrogens is 2. The molecule has 0 saturated carbocycles. The van der Waals surface area contributed by atoms with Crippen LogP contribution < -0.4 is 8.37 Å². The maximum absolute atomic E-state index is 13.0. The molecule has 0 spiro atoms. The number of fused-ring (bicyclic) bond motifs is 2. The molecule has 7 aromatic rings. The van der Waals surface area contributed by atoms with E-state index in [1.165, 1.54) is 60.9 Å². The van der Waals surface area contributed by atoms with E-state index in [1.807, 2.05) is 0 Å². The number of nitro groups is 2. The fourth-order valence-electron chi connectivity index (χ4n) is 5.22. The largest absolute Gasteiger partial charge is 0.377 e. The van der Waals surface area contributed by atoms with Gasteiger partial charge in [0.15, 0.2) is 11.5 Å². The predicted molar refractivity (Wildman–Crippen MR) is 200 cm³/mol. The van der Waals surface area contributed by atoms with Gasteiger partial charge in [0.05, 0.1) is 32.6 Å². The molecule has 0 fully saturated rings. The monoisotopic (exact) mass is 790 g/mol.